The second-order valence-electron chi connectivity index (χ2n) is 3.91. The van der Waals surface area contributed by atoms with Gasteiger partial charge in [-0.25, -0.2) is 0 Å². The lowest BCUT2D eigenvalue weighted by molar-refractivity contribution is 0.0868. The molecular formula is C10H22N2O. The van der Waals surface area contributed by atoms with Crippen molar-refractivity contribution in [3.05, 3.63) is 0 Å². The monoisotopic (exact) mass is 186 g/mol. The molecule has 0 amide bonds. The standard InChI is InChI=1S/C10H22N2O/c1-3-10-9(4-5-13-10)7-12-8(2)6-11/h8-10,12H,3-7,11H2,1-2H3. The average molecular weight is 186 g/mol. The van der Waals surface area contributed by atoms with Gasteiger partial charge in [-0.3, -0.25) is 0 Å². The molecule has 1 fully saturated rings. The van der Waals surface area contributed by atoms with Gasteiger partial charge in [-0.15, -0.1) is 0 Å². The molecule has 1 heterocycles. The molecule has 3 N–H and O–H groups in total. The predicted octanol–water partition coefficient (Wildman–Crippen LogP) is 0.738. The van der Waals surface area contributed by atoms with E-state index in [1.807, 2.05) is 0 Å². The van der Waals surface area contributed by atoms with Crippen molar-refractivity contribution < 1.29 is 4.74 Å². The zero-order chi connectivity index (χ0) is 9.68. The Bertz CT molecular complexity index is 141. The van der Waals surface area contributed by atoms with Crippen LogP contribution >= 0.6 is 0 Å². The van der Waals surface area contributed by atoms with Crippen molar-refractivity contribution in [3.8, 4) is 0 Å². The Morgan fingerprint density at radius 2 is 2.38 bits per heavy atom. The maximum absolute atomic E-state index is 5.61. The fourth-order valence-electron chi connectivity index (χ4n) is 1.81. The molecule has 0 radical (unpaired) electrons. The van der Waals surface area contributed by atoms with Crippen LogP contribution in [-0.2, 0) is 4.74 Å². The van der Waals surface area contributed by atoms with Gasteiger partial charge >= 0.3 is 0 Å². The van der Waals surface area contributed by atoms with Gasteiger partial charge in [-0.05, 0) is 25.7 Å². The fourth-order valence-corrected chi connectivity index (χ4v) is 1.81. The summed E-state index contributed by atoms with van der Waals surface area (Å²) in [7, 11) is 0. The summed E-state index contributed by atoms with van der Waals surface area (Å²) in [6.45, 7) is 7.01. The van der Waals surface area contributed by atoms with Gasteiger partial charge in [0, 0.05) is 25.7 Å². The Morgan fingerprint density at radius 3 is 3.00 bits per heavy atom. The first-order valence-electron chi connectivity index (χ1n) is 5.33. The summed E-state index contributed by atoms with van der Waals surface area (Å²) < 4.78 is 5.61. The van der Waals surface area contributed by atoms with Crippen molar-refractivity contribution in [2.24, 2.45) is 11.7 Å². The Morgan fingerprint density at radius 1 is 1.62 bits per heavy atom. The molecule has 3 unspecified atom stereocenters. The summed E-state index contributed by atoms with van der Waals surface area (Å²) in [5.41, 5.74) is 5.53. The van der Waals surface area contributed by atoms with Crippen LogP contribution in [0, 0.1) is 5.92 Å². The highest BCUT2D eigenvalue weighted by Crippen LogP contribution is 2.22. The smallest absolute Gasteiger partial charge is 0.0613 e. The molecule has 3 atom stereocenters. The molecule has 3 nitrogen and oxygen atoms in total. The first kappa shape index (κ1) is 11.0. The van der Waals surface area contributed by atoms with E-state index in [0.717, 1.165) is 19.6 Å². The Labute approximate surface area is 81.0 Å². The summed E-state index contributed by atoms with van der Waals surface area (Å²) >= 11 is 0. The lowest BCUT2D eigenvalue weighted by Gasteiger charge is -2.19. The highest BCUT2D eigenvalue weighted by Gasteiger charge is 2.26. The van der Waals surface area contributed by atoms with E-state index in [4.69, 9.17) is 10.5 Å². The van der Waals surface area contributed by atoms with E-state index in [1.54, 1.807) is 0 Å². The minimum absolute atomic E-state index is 0.429. The molecule has 0 saturated carbocycles. The van der Waals surface area contributed by atoms with Gasteiger partial charge in [0.15, 0.2) is 0 Å². The SMILES string of the molecule is CCC1OCCC1CNC(C)CN. The summed E-state index contributed by atoms with van der Waals surface area (Å²) in [6, 6.07) is 0.429. The van der Waals surface area contributed by atoms with E-state index >= 15 is 0 Å². The number of hydrogen-bond donors (Lipinski definition) is 2. The van der Waals surface area contributed by atoms with Crippen molar-refractivity contribution in [2.45, 2.75) is 38.8 Å². The van der Waals surface area contributed by atoms with Crippen LogP contribution in [0.3, 0.4) is 0 Å². The van der Waals surface area contributed by atoms with E-state index in [0.29, 0.717) is 24.6 Å². The third-order valence-electron chi connectivity index (χ3n) is 2.83. The molecule has 1 saturated heterocycles. The Kier molecular flexibility index (Phi) is 4.70. The van der Waals surface area contributed by atoms with Crippen LogP contribution in [0.15, 0.2) is 0 Å². The number of nitrogens with two attached hydrogens (primary N) is 1. The van der Waals surface area contributed by atoms with Gasteiger partial charge in [0.05, 0.1) is 6.10 Å². The van der Waals surface area contributed by atoms with Gasteiger partial charge in [0.1, 0.15) is 0 Å². The zero-order valence-corrected chi connectivity index (χ0v) is 8.75. The van der Waals surface area contributed by atoms with Crippen LogP contribution in [0.1, 0.15) is 26.7 Å². The molecule has 0 aromatic heterocycles. The molecule has 1 aliphatic rings. The Hall–Kier alpha value is -0.120. The van der Waals surface area contributed by atoms with E-state index in [1.165, 1.54) is 6.42 Å². The lowest BCUT2D eigenvalue weighted by Crippen LogP contribution is -2.38. The van der Waals surface area contributed by atoms with Crippen LogP contribution in [0.4, 0.5) is 0 Å². The lowest BCUT2D eigenvalue weighted by atomic mass is 9.99. The second kappa shape index (κ2) is 5.58. The van der Waals surface area contributed by atoms with Crippen LogP contribution in [0.5, 0.6) is 0 Å². The Balaban J connectivity index is 2.19. The molecule has 1 rings (SSSR count). The van der Waals surface area contributed by atoms with Crippen LogP contribution in [0.2, 0.25) is 0 Å². The highest BCUT2D eigenvalue weighted by molar-refractivity contribution is 4.78. The number of hydrogen-bond acceptors (Lipinski definition) is 3. The third kappa shape index (κ3) is 3.25. The van der Waals surface area contributed by atoms with Gasteiger partial charge in [-0.1, -0.05) is 6.92 Å². The minimum Gasteiger partial charge on any atom is -0.378 e. The minimum atomic E-state index is 0.429. The molecular weight excluding hydrogens is 164 g/mol. The van der Waals surface area contributed by atoms with E-state index in [-0.39, 0.29) is 0 Å². The van der Waals surface area contributed by atoms with E-state index in [9.17, 15) is 0 Å². The topological polar surface area (TPSA) is 47.3 Å². The molecule has 13 heavy (non-hydrogen) atoms. The molecule has 0 aromatic carbocycles. The summed E-state index contributed by atoms with van der Waals surface area (Å²) in [5.74, 6) is 0.694. The van der Waals surface area contributed by atoms with Gasteiger partial charge < -0.3 is 15.8 Å². The molecule has 0 bridgehead atoms. The summed E-state index contributed by atoms with van der Waals surface area (Å²) in [6.07, 6.45) is 2.80. The van der Waals surface area contributed by atoms with Gasteiger partial charge in [0.2, 0.25) is 0 Å². The molecule has 0 spiro atoms. The summed E-state index contributed by atoms with van der Waals surface area (Å²) in [5, 5.41) is 3.43. The summed E-state index contributed by atoms with van der Waals surface area (Å²) in [4.78, 5) is 0. The highest BCUT2D eigenvalue weighted by atomic mass is 16.5. The van der Waals surface area contributed by atoms with Crippen molar-refractivity contribution in [3.63, 3.8) is 0 Å². The van der Waals surface area contributed by atoms with Crippen molar-refractivity contribution in [2.75, 3.05) is 19.7 Å². The maximum atomic E-state index is 5.61. The third-order valence-corrected chi connectivity index (χ3v) is 2.83. The normalized spacial score (nSPS) is 30.7. The average Bonchev–Trinajstić information content (AvgIpc) is 2.61. The largest absolute Gasteiger partial charge is 0.378 e. The molecule has 78 valence electrons. The first-order chi connectivity index (χ1) is 6.27. The quantitative estimate of drug-likeness (QED) is 0.665. The van der Waals surface area contributed by atoms with E-state index in [2.05, 4.69) is 19.2 Å². The van der Waals surface area contributed by atoms with Crippen LogP contribution in [0.25, 0.3) is 0 Å². The number of rotatable bonds is 5. The number of ether oxygens (including phenoxy) is 1. The molecule has 1 aliphatic heterocycles. The van der Waals surface area contributed by atoms with Crippen LogP contribution < -0.4 is 11.1 Å². The number of nitrogens with one attached hydrogen (secondary N) is 1. The molecule has 0 aliphatic carbocycles. The second-order valence-corrected chi connectivity index (χ2v) is 3.91. The van der Waals surface area contributed by atoms with E-state index < -0.39 is 0 Å². The fraction of sp³-hybridized carbons (Fsp3) is 1.00. The van der Waals surface area contributed by atoms with Crippen molar-refractivity contribution >= 4 is 0 Å². The van der Waals surface area contributed by atoms with Crippen LogP contribution in [-0.4, -0.2) is 31.8 Å². The molecule has 0 aromatic rings. The molecule has 3 heteroatoms. The zero-order valence-electron chi connectivity index (χ0n) is 8.75. The van der Waals surface area contributed by atoms with Crippen molar-refractivity contribution in [1.29, 1.82) is 0 Å². The van der Waals surface area contributed by atoms with Gasteiger partial charge in [-0.2, -0.15) is 0 Å². The first-order valence-corrected chi connectivity index (χ1v) is 5.33. The predicted molar refractivity (Wildman–Crippen MR) is 54.7 cm³/mol. The maximum Gasteiger partial charge on any atom is 0.0613 e. The van der Waals surface area contributed by atoms with Crippen molar-refractivity contribution in [1.82, 2.24) is 5.32 Å². The van der Waals surface area contributed by atoms with Gasteiger partial charge in [0.25, 0.3) is 0 Å².